The molecule has 6 heteroatoms. The molecule has 0 N–H and O–H groups in total. The Hall–Kier alpha value is -1.30. The number of carbonyl (C=O) groups is 1. The number of halogens is 1. The molecule has 162 valence electrons. The number of hydrogen-bond acceptors (Lipinski definition) is 4. The fraction of sp³-hybridized carbons (Fsp3) is 0.696. The van der Waals surface area contributed by atoms with Gasteiger partial charge in [0.05, 0.1) is 0 Å². The van der Waals surface area contributed by atoms with E-state index in [0.29, 0.717) is 18.1 Å². The van der Waals surface area contributed by atoms with Gasteiger partial charge in [0.15, 0.2) is 0 Å². The van der Waals surface area contributed by atoms with Crippen molar-refractivity contribution in [2.45, 2.75) is 70.7 Å². The number of amides is 1. The second-order valence-electron chi connectivity index (χ2n) is 9.67. The zero-order valence-corrected chi connectivity index (χ0v) is 19.3. The highest BCUT2D eigenvalue weighted by Gasteiger charge is 2.36. The lowest BCUT2D eigenvalue weighted by Crippen LogP contribution is -2.61. The third-order valence-electron chi connectivity index (χ3n) is 6.17. The van der Waals surface area contributed by atoms with Crippen molar-refractivity contribution in [2.24, 2.45) is 0 Å². The first-order chi connectivity index (χ1) is 13.6. The third kappa shape index (κ3) is 6.09. The number of nitrogens with zero attached hydrogens (tertiary/aromatic N) is 3. The van der Waals surface area contributed by atoms with Gasteiger partial charge in [-0.25, -0.2) is 4.79 Å². The van der Waals surface area contributed by atoms with E-state index < -0.39 is 5.60 Å². The Morgan fingerprint density at radius 3 is 2.34 bits per heavy atom. The third-order valence-corrected chi connectivity index (χ3v) is 6.42. The summed E-state index contributed by atoms with van der Waals surface area (Å²) in [5.74, 6) is 0. The Balaban J connectivity index is 1.63. The van der Waals surface area contributed by atoms with Crippen molar-refractivity contribution in [1.29, 1.82) is 0 Å². The topological polar surface area (TPSA) is 36.0 Å². The summed E-state index contributed by atoms with van der Waals surface area (Å²) in [5, 5.41) is 0.787. The van der Waals surface area contributed by atoms with E-state index in [4.69, 9.17) is 16.3 Å². The van der Waals surface area contributed by atoms with Gasteiger partial charge in [-0.2, -0.15) is 0 Å². The minimum absolute atomic E-state index is 0.180. The molecule has 29 heavy (non-hydrogen) atoms. The van der Waals surface area contributed by atoms with Gasteiger partial charge in [0.2, 0.25) is 0 Å². The van der Waals surface area contributed by atoms with Crippen molar-refractivity contribution in [2.75, 3.05) is 33.2 Å². The molecular formula is C23H36ClN3O2. The van der Waals surface area contributed by atoms with Crippen LogP contribution in [-0.4, -0.2) is 77.7 Å². The second-order valence-corrected chi connectivity index (χ2v) is 10.1. The van der Waals surface area contributed by atoms with Crippen LogP contribution < -0.4 is 0 Å². The Kier molecular flexibility index (Phi) is 7.13. The van der Waals surface area contributed by atoms with E-state index in [9.17, 15) is 4.79 Å². The van der Waals surface area contributed by atoms with Gasteiger partial charge in [0.1, 0.15) is 5.60 Å². The number of likely N-dealkylation sites (N-methyl/N-ethyl adjacent to an activating group) is 1. The molecule has 0 aliphatic carbocycles. The molecule has 2 aliphatic rings. The summed E-state index contributed by atoms with van der Waals surface area (Å²) in [4.78, 5) is 19.4. The predicted octanol–water partition coefficient (Wildman–Crippen LogP) is 4.29. The van der Waals surface area contributed by atoms with Gasteiger partial charge >= 0.3 is 6.09 Å². The number of benzene rings is 1. The van der Waals surface area contributed by atoms with E-state index in [-0.39, 0.29) is 6.09 Å². The van der Waals surface area contributed by atoms with E-state index in [0.717, 1.165) is 50.5 Å². The Morgan fingerprint density at radius 2 is 1.76 bits per heavy atom. The maximum absolute atomic E-state index is 12.4. The van der Waals surface area contributed by atoms with Gasteiger partial charge in [-0.05, 0) is 71.7 Å². The molecule has 1 amide bonds. The average molecular weight is 422 g/mol. The Morgan fingerprint density at radius 1 is 1.14 bits per heavy atom. The van der Waals surface area contributed by atoms with Crippen molar-refractivity contribution >= 4 is 17.7 Å². The first kappa shape index (κ1) is 22.4. The summed E-state index contributed by atoms with van der Waals surface area (Å²) in [5.41, 5.74) is 0.892. The van der Waals surface area contributed by atoms with Crippen LogP contribution in [0.2, 0.25) is 5.02 Å². The summed E-state index contributed by atoms with van der Waals surface area (Å²) in [6.07, 6.45) is 2.86. The van der Waals surface area contributed by atoms with Crippen LogP contribution in [0.5, 0.6) is 0 Å². The largest absolute Gasteiger partial charge is 0.444 e. The minimum atomic E-state index is -0.440. The smallest absolute Gasteiger partial charge is 0.410 e. The quantitative estimate of drug-likeness (QED) is 0.729. The summed E-state index contributed by atoms with van der Waals surface area (Å²) in [6.45, 7) is 11.8. The van der Waals surface area contributed by atoms with Gasteiger partial charge < -0.3 is 14.5 Å². The molecule has 2 saturated heterocycles. The van der Waals surface area contributed by atoms with Crippen molar-refractivity contribution in [1.82, 2.24) is 14.7 Å². The Labute approximate surface area is 180 Å². The number of carbonyl (C=O) groups excluding carboxylic acids is 1. The molecule has 2 aliphatic heterocycles. The normalized spacial score (nSPS) is 25.2. The molecule has 0 aromatic heterocycles. The highest BCUT2D eigenvalue weighted by Crippen LogP contribution is 2.26. The van der Waals surface area contributed by atoms with Crippen LogP contribution in [-0.2, 0) is 11.2 Å². The van der Waals surface area contributed by atoms with Gasteiger partial charge in [-0.15, -0.1) is 0 Å². The first-order valence-electron chi connectivity index (χ1n) is 10.8. The zero-order valence-electron chi connectivity index (χ0n) is 18.5. The molecule has 2 heterocycles. The van der Waals surface area contributed by atoms with Crippen molar-refractivity contribution in [3.8, 4) is 0 Å². The van der Waals surface area contributed by atoms with E-state index in [1.165, 1.54) is 5.56 Å². The molecular weight excluding hydrogens is 386 g/mol. The number of rotatable bonds is 3. The molecule has 2 atom stereocenters. The van der Waals surface area contributed by atoms with Crippen LogP contribution in [0.3, 0.4) is 0 Å². The highest BCUT2D eigenvalue weighted by molar-refractivity contribution is 6.30. The van der Waals surface area contributed by atoms with Crippen molar-refractivity contribution in [3.63, 3.8) is 0 Å². The summed E-state index contributed by atoms with van der Waals surface area (Å²) < 4.78 is 5.55. The van der Waals surface area contributed by atoms with Crippen LogP contribution in [0.1, 0.15) is 46.1 Å². The minimum Gasteiger partial charge on any atom is -0.444 e. The monoisotopic (exact) mass is 421 g/mol. The molecule has 1 aromatic rings. The molecule has 2 fully saturated rings. The van der Waals surface area contributed by atoms with Gasteiger partial charge in [0, 0.05) is 49.3 Å². The number of hydrogen-bond donors (Lipinski definition) is 0. The van der Waals surface area contributed by atoms with Gasteiger partial charge in [-0.1, -0.05) is 23.7 Å². The number of ether oxygens (including phenoxy) is 1. The SMILES string of the molecule is C[C@H]1CN(C2CCN(C(=O)OC(C)(C)C)CC2)[C@@H](Cc2ccc(Cl)cc2)CN1C. The molecule has 0 bridgehead atoms. The molecule has 0 unspecified atom stereocenters. The number of piperazine rings is 1. The van der Waals surface area contributed by atoms with Gasteiger partial charge in [0.25, 0.3) is 0 Å². The lowest BCUT2D eigenvalue weighted by Gasteiger charge is -2.49. The fourth-order valence-electron chi connectivity index (χ4n) is 4.44. The predicted molar refractivity (Wildman–Crippen MR) is 119 cm³/mol. The van der Waals surface area contributed by atoms with Crippen LogP contribution >= 0.6 is 11.6 Å². The molecule has 1 aromatic carbocycles. The van der Waals surface area contributed by atoms with Crippen molar-refractivity contribution in [3.05, 3.63) is 34.9 Å². The number of likely N-dealkylation sites (tertiary alicyclic amines) is 1. The van der Waals surface area contributed by atoms with E-state index in [2.05, 4.69) is 35.9 Å². The number of piperidine rings is 1. The lowest BCUT2D eigenvalue weighted by molar-refractivity contribution is -0.0118. The second kappa shape index (κ2) is 9.23. The van der Waals surface area contributed by atoms with E-state index in [1.54, 1.807) is 0 Å². The molecule has 3 rings (SSSR count). The van der Waals surface area contributed by atoms with Crippen LogP contribution in [0.25, 0.3) is 0 Å². The molecule has 5 nitrogen and oxygen atoms in total. The molecule has 0 radical (unpaired) electrons. The average Bonchev–Trinajstić information content (AvgIpc) is 2.65. The zero-order chi connectivity index (χ0) is 21.2. The lowest BCUT2D eigenvalue weighted by atomic mass is 9.94. The maximum Gasteiger partial charge on any atom is 0.410 e. The van der Waals surface area contributed by atoms with E-state index >= 15 is 0 Å². The summed E-state index contributed by atoms with van der Waals surface area (Å²) >= 11 is 6.07. The van der Waals surface area contributed by atoms with Crippen LogP contribution in [0.15, 0.2) is 24.3 Å². The summed E-state index contributed by atoms with van der Waals surface area (Å²) in [7, 11) is 2.22. The maximum atomic E-state index is 12.4. The van der Waals surface area contributed by atoms with Crippen LogP contribution in [0.4, 0.5) is 4.79 Å². The van der Waals surface area contributed by atoms with Crippen LogP contribution in [0, 0.1) is 0 Å². The molecule has 0 spiro atoms. The highest BCUT2D eigenvalue weighted by atomic mass is 35.5. The first-order valence-corrected chi connectivity index (χ1v) is 11.2. The molecule has 0 saturated carbocycles. The van der Waals surface area contributed by atoms with Crippen molar-refractivity contribution < 1.29 is 9.53 Å². The Bertz CT molecular complexity index is 680. The van der Waals surface area contributed by atoms with E-state index in [1.807, 2.05) is 37.8 Å². The standard InChI is InChI=1S/C23H36ClN3O2/c1-17-15-27(20-10-12-26(13-11-20)22(28)29-23(2,3)4)21(16-25(17)5)14-18-6-8-19(24)9-7-18/h6-9,17,20-21H,10-16H2,1-5H3/t17-,21-/m0/s1. The fourth-order valence-corrected chi connectivity index (χ4v) is 4.56. The summed E-state index contributed by atoms with van der Waals surface area (Å²) in [6, 6.07) is 9.79. The van der Waals surface area contributed by atoms with Gasteiger partial charge in [-0.3, -0.25) is 4.90 Å².